The van der Waals surface area contributed by atoms with Crippen LogP contribution in [0.4, 0.5) is 0 Å². The summed E-state index contributed by atoms with van der Waals surface area (Å²) in [7, 11) is 1.67. The number of ketones is 1. The van der Waals surface area contributed by atoms with Crippen molar-refractivity contribution in [2.45, 2.75) is 19.8 Å². The molecule has 0 aromatic rings. The molecule has 0 N–H and O–H groups in total. The average Bonchev–Trinajstić information content (AvgIpc) is 2.56. The molecule has 15 heavy (non-hydrogen) atoms. The lowest BCUT2D eigenvalue weighted by atomic mass is 9.82. The van der Waals surface area contributed by atoms with E-state index in [1.165, 1.54) is 0 Å². The summed E-state index contributed by atoms with van der Waals surface area (Å²) in [6.07, 6.45) is 9.86. The fourth-order valence-electron chi connectivity index (χ4n) is 2.49. The van der Waals surface area contributed by atoms with E-state index in [2.05, 4.69) is 6.08 Å². The molecule has 0 radical (unpaired) electrons. The number of fused-ring (bicyclic) bond motifs is 1. The number of hydrogen-bond donors (Lipinski definition) is 0. The van der Waals surface area contributed by atoms with Crippen LogP contribution in [0.25, 0.3) is 0 Å². The number of ether oxygens (including phenoxy) is 1. The largest absolute Gasteiger partial charge is 0.497 e. The van der Waals surface area contributed by atoms with Gasteiger partial charge in [-0.2, -0.15) is 0 Å². The van der Waals surface area contributed by atoms with E-state index >= 15 is 0 Å². The van der Waals surface area contributed by atoms with Gasteiger partial charge < -0.3 is 4.74 Å². The van der Waals surface area contributed by atoms with E-state index < -0.39 is 0 Å². The summed E-state index contributed by atoms with van der Waals surface area (Å²) < 4.78 is 5.30. The van der Waals surface area contributed by atoms with E-state index in [-0.39, 0.29) is 11.7 Å². The van der Waals surface area contributed by atoms with Crippen LogP contribution in [-0.4, -0.2) is 12.9 Å². The highest BCUT2D eigenvalue weighted by atomic mass is 16.5. The third-order valence-electron chi connectivity index (χ3n) is 3.17. The SMILES string of the molecule is C/C=C/[C@@H]1C(=O)C=C2C(OC)=CCC[C@H]21. The Bertz CT molecular complexity index is 361. The third-order valence-corrected chi connectivity index (χ3v) is 3.17. The maximum Gasteiger partial charge on any atom is 0.163 e. The lowest BCUT2D eigenvalue weighted by Crippen LogP contribution is -2.18. The highest BCUT2D eigenvalue weighted by Gasteiger charge is 2.37. The molecule has 2 atom stereocenters. The van der Waals surface area contributed by atoms with Crippen molar-refractivity contribution < 1.29 is 9.53 Å². The number of methoxy groups -OCH3 is 1. The number of allylic oxidation sites excluding steroid dienone is 5. The Morgan fingerprint density at radius 2 is 2.33 bits per heavy atom. The number of carbonyl (C=O) groups is 1. The van der Waals surface area contributed by atoms with Gasteiger partial charge in [-0.25, -0.2) is 0 Å². The van der Waals surface area contributed by atoms with Crippen LogP contribution in [0.1, 0.15) is 19.8 Å². The molecular formula is C13H16O2. The zero-order valence-corrected chi connectivity index (χ0v) is 9.19. The van der Waals surface area contributed by atoms with Crippen molar-refractivity contribution in [2.75, 3.05) is 7.11 Å². The Hall–Kier alpha value is -1.31. The molecular weight excluding hydrogens is 188 g/mol. The van der Waals surface area contributed by atoms with Crippen LogP contribution in [0.2, 0.25) is 0 Å². The molecule has 2 rings (SSSR count). The highest BCUT2D eigenvalue weighted by molar-refractivity contribution is 5.98. The molecule has 0 amide bonds. The van der Waals surface area contributed by atoms with Crippen molar-refractivity contribution in [3.63, 3.8) is 0 Å². The van der Waals surface area contributed by atoms with Crippen molar-refractivity contribution in [2.24, 2.45) is 11.8 Å². The fraction of sp³-hybridized carbons (Fsp3) is 0.462. The summed E-state index contributed by atoms with van der Waals surface area (Å²) in [5.74, 6) is 1.50. The first-order chi connectivity index (χ1) is 7.27. The highest BCUT2D eigenvalue weighted by Crippen LogP contribution is 2.41. The van der Waals surface area contributed by atoms with E-state index in [0.717, 1.165) is 24.2 Å². The van der Waals surface area contributed by atoms with Gasteiger partial charge >= 0.3 is 0 Å². The fourth-order valence-corrected chi connectivity index (χ4v) is 2.49. The monoisotopic (exact) mass is 204 g/mol. The third kappa shape index (κ3) is 1.65. The second-order valence-electron chi connectivity index (χ2n) is 4.01. The van der Waals surface area contributed by atoms with Crippen LogP contribution < -0.4 is 0 Å². The minimum atomic E-state index is 0.0452. The average molecular weight is 204 g/mol. The van der Waals surface area contributed by atoms with Crippen LogP contribution in [-0.2, 0) is 9.53 Å². The Morgan fingerprint density at radius 1 is 1.53 bits per heavy atom. The number of hydrogen-bond acceptors (Lipinski definition) is 2. The maximum absolute atomic E-state index is 11.8. The quantitative estimate of drug-likeness (QED) is 0.646. The first kappa shape index (κ1) is 10.2. The molecule has 0 unspecified atom stereocenters. The van der Waals surface area contributed by atoms with E-state index in [1.807, 2.05) is 19.1 Å². The molecule has 0 fully saturated rings. The van der Waals surface area contributed by atoms with Gasteiger partial charge in [0.15, 0.2) is 5.78 Å². The van der Waals surface area contributed by atoms with Gasteiger partial charge in [-0.1, -0.05) is 12.2 Å². The topological polar surface area (TPSA) is 26.3 Å². The Balaban J connectivity index is 2.30. The number of carbonyl (C=O) groups excluding carboxylic acids is 1. The van der Waals surface area contributed by atoms with Gasteiger partial charge in [0.1, 0.15) is 5.76 Å². The Labute approximate surface area is 90.3 Å². The molecule has 2 heteroatoms. The van der Waals surface area contributed by atoms with Crippen molar-refractivity contribution >= 4 is 5.78 Å². The molecule has 2 aliphatic rings. The van der Waals surface area contributed by atoms with Gasteiger partial charge in [0.05, 0.1) is 7.11 Å². The van der Waals surface area contributed by atoms with Gasteiger partial charge in [-0.3, -0.25) is 4.79 Å². The van der Waals surface area contributed by atoms with Gasteiger partial charge in [0, 0.05) is 17.4 Å². The Kier molecular flexibility index (Phi) is 2.76. The molecule has 0 saturated carbocycles. The predicted octanol–water partition coefficient (Wildman–Crippen LogP) is 2.63. The van der Waals surface area contributed by atoms with Crippen molar-refractivity contribution in [1.29, 1.82) is 0 Å². The smallest absolute Gasteiger partial charge is 0.163 e. The van der Waals surface area contributed by atoms with E-state index in [9.17, 15) is 4.79 Å². The molecule has 0 aliphatic heterocycles. The zero-order valence-electron chi connectivity index (χ0n) is 9.19. The van der Waals surface area contributed by atoms with Crippen LogP contribution in [0.15, 0.2) is 35.6 Å². The molecule has 2 nitrogen and oxygen atoms in total. The second kappa shape index (κ2) is 4.05. The molecule has 0 spiro atoms. The van der Waals surface area contributed by atoms with Crippen molar-refractivity contribution in [3.8, 4) is 0 Å². The molecule has 0 heterocycles. The second-order valence-corrected chi connectivity index (χ2v) is 4.01. The standard InChI is InChI=1S/C13H16O2/c1-3-5-10-9-6-4-7-13(15-2)11(9)8-12(10)14/h3,5,7-10H,4,6H2,1-2H3/b5-3+/t9-,10-/m0/s1. The van der Waals surface area contributed by atoms with Crippen molar-refractivity contribution in [3.05, 3.63) is 35.6 Å². The lowest BCUT2D eigenvalue weighted by Gasteiger charge is -2.24. The van der Waals surface area contributed by atoms with Crippen LogP contribution in [0, 0.1) is 11.8 Å². The summed E-state index contributed by atoms with van der Waals surface area (Å²) in [5, 5.41) is 0. The van der Waals surface area contributed by atoms with Gasteiger partial charge in [-0.15, -0.1) is 0 Å². The van der Waals surface area contributed by atoms with Gasteiger partial charge in [0.2, 0.25) is 0 Å². The summed E-state index contributed by atoms with van der Waals surface area (Å²) in [5.41, 5.74) is 1.09. The lowest BCUT2D eigenvalue weighted by molar-refractivity contribution is -0.116. The zero-order chi connectivity index (χ0) is 10.8. The van der Waals surface area contributed by atoms with Crippen LogP contribution in [0.3, 0.4) is 0 Å². The number of rotatable bonds is 2. The first-order valence-corrected chi connectivity index (χ1v) is 5.40. The molecule has 0 aromatic carbocycles. The molecule has 0 saturated heterocycles. The van der Waals surface area contributed by atoms with Crippen LogP contribution >= 0.6 is 0 Å². The van der Waals surface area contributed by atoms with E-state index in [1.54, 1.807) is 13.2 Å². The van der Waals surface area contributed by atoms with Gasteiger partial charge in [0.25, 0.3) is 0 Å². The van der Waals surface area contributed by atoms with Crippen molar-refractivity contribution in [1.82, 2.24) is 0 Å². The summed E-state index contributed by atoms with van der Waals surface area (Å²) in [6, 6.07) is 0. The minimum Gasteiger partial charge on any atom is -0.497 e. The maximum atomic E-state index is 11.8. The van der Waals surface area contributed by atoms with Gasteiger partial charge in [-0.05, 0) is 31.9 Å². The van der Waals surface area contributed by atoms with Crippen LogP contribution in [0.5, 0.6) is 0 Å². The molecule has 0 aromatic heterocycles. The predicted molar refractivity (Wildman–Crippen MR) is 59.2 cm³/mol. The molecule has 2 aliphatic carbocycles. The molecule has 0 bridgehead atoms. The first-order valence-electron chi connectivity index (χ1n) is 5.40. The summed E-state index contributed by atoms with van der Waals surface area (Å²) in [4.78, 5) is 11.8. The summed E-state index contributed by atoms with van der Waals surface area (Å²) in [6.45, 7) is 1.96. The normalized spacial score (nSPS) is 30.1. The minimum absolute atomic E-state index is 0.0452. The van der Waals surface area contributed by atoms with E-state index in [4.69, 9.17) is 4.74 Å². The Morgan fingerprint density at radius 3 is 3.00 bits per heavy atom. The van der Waals surface area contributed by atoms with E-state index in [0.29, 0.717) is 5.92 Å². The molecule has 80 valence electrons. The summed E-state index contributed by atoms with van der Waals surface area (Å²) >= 11 is 0.